The Kier molecular flexibility index (Phi) is 1.84. The summed E-state index contributed by atoms with van der Waals surface area (Å²) in [5.41, 5.74) is 1.55. The minimum absolute atomic E-state index is 0.643. The molecular weight excluding hydrogens is 180 g/mol. The monoisotopic (exact) mass is 186 g/mol. The fraction of sp³-hybridized carbons (Fsp3) is 0. The molecule has 1 N–H and O–H groups in total. The van der Waals surface area contributed by atoms with Gasteiger partial charge in [-0.05, 0) is 18.2 Å². The third-order valence-corrected chi connectivity index (χ3v) is 2.24. The van der Waals surface area contributed by atoms with Crippen LogP contribution in [0.4, 0.5) is 0 Å². The quantitative estimate of drug-likeness (QED) is 0.642. The van der Waals surface area contributed by atoms with E-state index in [1.54, 1.807) is 18.3 Å². The minimum atomic E-state index is 0.643. The lowest BCUT2D eigenvalue weighted by molar-refractivity contribution is 1.40. The highest BCUT2D eigenvalue weighted by atomic mass is 32.1. The Balaban J connectivity index is 2.90. The maximum atomic E-state index is 8.68. The summed E-state index contributed by atoms with van der Waals surface area (Å²) in [6, 6.07) is 9.36. The topological polar surface area (TPSA) is 39.6 Å². The number of nitrogens with one attached hydrogen (secondary N) is 1. The number of benzene rings is 1. The number of pyridine rings is 1. The van der Waals surface area contributed by atoms with Crippen LogP contribution in [0.1, 0.15) is 5.56 Å². The molecule has 0 saturated heterocycles. The number of hydrogen-bond acceptors (Lipinski definition) is 2. The molecule has 0 aliphatic rings. The highest BCUT2D eigenvalue weighted by molar-refractivity contribution is 7.71. The average Bonchev–Trinajstić information content (AvgIpc) is 2.18. The summed E-state index contributed by atoms with van der Waals surface area (Å²) in [7, 11) is 0. The Morgan fingerprint density at radius 2 is 2.15 bits per heavy atom. The molecule has 0 atom stereocenters. The van der Waals surface area contributed by atoms with Gasteiger partial charge in [0.05, 0.1) is 11.6 Å². The van der Waals surface area contributed by atoms with E-state index in [9.17, 15) is 0 Å². The van der Waals surface area contributed by atoms with Crippen molar-refractivity contribution in [2.45, 2.75) is 0 Å². The maximum Gasteiger partial charge on any atom is 0.0992 e. The van der Waals surface area contributed by atoms with Crippen molar-refractivity contribution >= 4 is 23.1 Å². The molecule has 0 bridgehead atoms. The lowest BCUT2D eigenvalue weighted by atomic mass is 10.1. The first-order valence-electron chi connectivity index (χ1n) is 3.83. The van der Waals surface area contributed by atoms with Crippen LogP contribution in [0.3, 0.4) is 0 Å². The number of nitriles is 1. The number of nitrogens with zero attached hydrogens (tertiary/aromatic N) is 1. The maximum absolute atomic E-state index is 8.68. The third kappa shape index (κ3) is 1.32. The molecule has 0 radical (unpaired) electrons. The molecule has 0 aliphatic carbocycles. The van der Waals surface area contributed by atoms with Crippen molar-refractivity contribution in [1.82, 2.24) is 4.98 Å². The molecular formula is C10H6N2S. The van der Waals surface area contributed by atoms with E-state index in [4.69, 9.17) is 17.5 Å². The summed E-state index contributed by atoms with van der Waals surface area (Å²) in [5.74, 6) is 0. The average molecular weight is 186 g/mol. The van der Waals surface area contributed by atoms with Crippen molar-refractivity contribution < 1.29 is 0 Å². The van der Waals surface area contributed by atoms with Crippen molar-refractivity contribution in [3.63, 3.8) is 0 Å². The first-order valence-corrected chi connectivity index (χ1v) is 4.23. The summed E-state index contributed by atoms with van der Waals surface area (Å²) in [5, 5.41) is 9.66. The number of aromatic nitrogens is 1. The standard InChI is InChI=1S/C10H6N2S/c11-6-7-1-2-8-9(5-7)12-4-3-10(8)13/h1-5H,(H,12,13). The normalized spacial score (nSPS) is 9.77. The van der Waals surface area contributed by atoms with Gasteiger partial charge in [0, 0.05) is 21.6 Å². The Morgan fingerprint density at radius 1 is 1.31 bits per heavy atom. The SMILES string of the molecule is N#Cc1ccc2c(=S)cc[nH]c2c1. The third-order valence-electron chi connectivity index (χ3n) is 1.89. The van der Waals surface area contributed by atoms with Gasteiger partial charge in [-0.3, -0.25) is 0 Å². The molecule has 0 aliphatic heterocycles. The fourth-order valence-electron chi connectivity index (χ4n) is 1.24. The fourth-order valence-corrected chi connectivity index (χ4v) is 1.49. The van der Waals surface area contributed by atoms with Crippen molar-refractivity contribution in [2.24, 2.45) is 0 Å². The zero-order valence-electron chi connectivity index (χ0n) is 6.74. The van der Waals surface area contributed by atoms with Gasteiger partial charge in [-0.1, -0.05) is 18.3 Å². The molecule has 0 fully saturated rings. The largest absolute Gasteiger partial charge is 0.361 e. The molecule has 1 heterocycles. The summed E-state index contributed by atoms with van der Waals surface area (Å²) >= 11 is 5.13. The van der Waals surface area contributed by atoms with Gasteiger partial charge in [-0.2, -0.15) is 5.26 Å². The molecule has 0 amide bonds. The minimum Gasteiger partial charge on any atom is -0.361 e. The van der Waals surface area contributed by atoms with Gasteiger partial charge in [0.25, 0.3) is 0 Å². The predicted octanol–water partition coefficient (Wildman–Crippen LogP) is 2.77. The second-order valence-electron chi connectivity index (χ2n) is 2.71. The van der Waals surface area contributed by atoms with Gasteiger partial charge >= 0.3 is 0 Å². The highest BCUT2D eigenvalue weighted by Crippen LogP contribution is 2.14. The Hall–Kier alpha value is -1.66. The van der Waals surface area contributed by atoms with E-state index in [0.29, 0.717) is 5.56 Å². The first kappa shape index (κ1) is 7.96. The molecule has 0 unspecified atom stereocenters. The van der Waals surface area contributed by atoms with Crippen molar-refractivity contribution in [2.75, 3.05) is 0 Å². The van der Waals surface area contributed by atoms with Crippen LogP contribution in [0, 0.1) is 15.8 Å². The summed E-state index contributed by atoms with van der Waals surface area (Å²) in [4.78, 5) is 3.05. The molecule has 2 aromatic rings. The molecule has 2 rings (SSSR count). The van der Waals surface area contributed by atoms with E-state index < -0.39 is 0 Å². The van der Waals surface area contributed by atoms with Crippen LogP contribution in [0.25, 0.3) is 10.9 Å². The van der Waals surface area contributed by atoms with Gasteiger partial charge in [-0.15, -0.1) is 0 Å². The second-order valence-corrected chi connectivity index (χ2v) is 3.15. The molecule has 1 aromatic heterocycles. The second kappa shape index (κ2) is 3.00. The summed E-state index contributed by atoms with van der Waals surface area (Å²) in [6.45, 7) is 0. The van der Waals surface area contributed by atoms with Gasteiger partial charge in [0.2, 0.25) is 0 Å². The van der Waals surface area contributed by atoms with E-state index in [2.05, 4.69) is 11.1 Å². The highest BCUT2D eigenvalue weighted by Gasteiger charge is 1.95. The smallest absolute Gasteiger partial charge is 0.0992 e. The van der Waals surface area contributed by atoms with Crippen molar-refractivity contribution in [1.29, 1.82) is 5.26 Å². The van der Waals surface area contributed by atoms with E-state index in [0.717, 1.165) is 15.4 Å². The van der Waals surface area contributed by atoms with Crippen LogP contribution in [-0.4, -0.2) is 4.98 Å². The molecule has 2 nitrogen and oxygen atoms in total. The van der Waals surface area contributed by atoms with E-state index in [1.165, 1.54) is 0 Å². The van der Waals surface area contributed by atoms with Crippen LogP contribution in [0.15, 0.2) is 30.5 Å². The number of H-pyrrole nitrogens is 1. The molecule has 1 aromatic carbocycles. The Labute approximate surface area is 80.4 Å². The first-order chi connectivity index (χ1) is 6.31. The lowest BCUT2D eigenvalue weighted by Gasteiger charge is -1.97. The number of aromatic amines is 1. The van der Waals surface area contributed by atoms with Crippen LogP contribution in [-0.2, 0) is 0 Å². The zero-order valence-corrected chi connectivity index (χ0v) is 7.56. The van der Waals surface area contributed by atoms with Crippen LogP contribution in [0.5, 0.6) is 0 Å². The number of rotatable bonds is 0. The van der Waals surface area contributed by atoms with Gasteiger partial charge in [0.15, 0.2) is 0 Å². The summed E-state index contributed by atoms with van der Waals surface area (Å²) in [6.07, 6.45) is 1.78. The molecule has 0 spiro atoms. The van der Waals surface area contributed by atoms with Crippen LogP contribution >= 0.6 is 12.2 Å². The van der Waals surface area contributed by atoms with Gasteiger partial charge in [-0.25, -0.2) is 0 Å². The summed E-state index contributed by atoms with van der Waals surface area (Å²) < 4.78 is 0.804. The predicted molar refractivity (Wildman–Crippen MR) is 53.8 cm³/mol. The van der Waals surface area contributed by atoms with E-state index in [1.807, 2.05) is 12.1 Å². The van der Waals surface area contributed by atoms with Gasteiger partial charge < -0.3 is 4.98 Å². The zero-order chi connectivity index (χ0) is 9.26. The number of hydrogen-bond donors (Lipinski definition) is 1. The molecule has 3 heteroatoms. The van der Waals surface area contributed by atoms with Crippen molar-refractivity contribution in [3.05, 3.63) is 40.5 Å². The van der Waals surface area contributed by atoms with Crippen molar-refractivity contribution in [3.8, 4) is 6.07 Å². The molecule has 62 valence electrons. The molecule has 13 heavy (non-hydrogen) atoms. The van der Waals surface area contributed by atoms with Crippen LogP contribution < -0.4 is 0 Å². The van der Waals surface area contributed by atoms with E-state index >= 15 is 0 Å². The molecule has 0 saturated carbocycles. The lowest BCUT2D eigenvalue weighted by Crippen LogP contribution is -1.80. The Bertz CT molecular complexity index is 549. The van der Waals surface area contributed by atoms with Gasteiger partial charge in [0.1, 0.15) is 0 Å². The van der Waals surface area contributed by atoms with Crippen LogP contribution in [0.2, 0.25) is 0 Å². The van der Waals surface area contributed by atoms with E-state index in [-0.39, 0.29) is 0 Å². The Morgan fingerprint density at radius 3 is 2.92 bits per heavy atom. The number of fused-ring (bicyclic) bond motifs is 1.